The lowest BCUT2D eigenvalue weighted by Crippen LogP contribution is -2.33. The fraction of sp³-hybridized carbons (Fsp3) is 0.222. The molecule has 0 aliphatic heterocycles. The highest BCUT2D eigenvalue weighted by Crippen LogP contribution is 2.19. The Bertz CT molecular complexity index is 846. The van der Waals surface area contributed by atoms with Gasteiger partial charge in [-0.1, -0.05) is 18.2 Å². The molecule has 7 nitrogen and oxygen atoms in total. The molecule has 0 aliphatic carbocycles. The Kier molecular flexibility index (Phi) is 5.49. The molecule has 0 fully saturated rings. The summed E-state index contributed by atoms with van der Waals surface area (Å²) in [5, 5.41) is 16.1. The van der Waals surface area contributed by atoms with E-state index in [0.717, 1.165) is 11.1 Å². The number of amides is 2. The molecule has 0 saturated heterocycles. The number of nitro benzene ring substituents is 1. The van der Waals surface area contributed by atoms with Gasteiger partial charge in [0.2, 0.25) is 5.91 Å². The third-order valence-electron chi connectivity index (χ3n) is 3.96. The van der Waals surface area contributed by atoms with Gasteiger partial charge >= 0.3 is 0 Å². The van der Waals surface area contributed by atoms with Crippen LogP contribution in [-0.2, 0) is 4.79 Å². The van der Waals surface area contributed by atoms with Crippen LogP contribution in [0.4, 0.5) is 11.4 Å². The maximum absolute atomic E-state index is 12.1. The second-order valence-corrected chi connectivity index (χ2v) is 5.74. The van der Waals surface area contributed by atoms with Crippen molar-refractivity contribution in [1.82, 2.24) is 5.32 Å². The maximum atomic E-state index is 12.1. The fourth-order valence-corrected chi connectivity index (χ4v) is 2.29. The molecule has 0 aliphatic rings. The Morgan fingerprint density at radius 3 is 2.48 bits per heavy atom. The van der Waals surface area contributed by atoms with Gasteiger partial charge in [-0.2, -0.15) is 0 Å². The van der Waals surface area contributed by atoms with Gasteiger partial charge in [0.1, 0.15) is 0 Å². The van der Waals surface area contributed by atoms with Crippen molar-refractivity contribution >= 4 is 23.2 Å². The van der Waals surface area contributed by atoms with E-state index in [4.69, 9.17) is 0 Å². The Hall–Kier alpha value is -3.22. The van der Waals surface area contributed by atoms with Crippen LogP contribution in [0.3, 0.4) is 0 Å². The quantitative estimate of drug-likeness (QED) is 0.645. The largest absolute Gasteiger partial charge is 0.343 e. The Morgan fingerprint density at radius 2 is 1.80 bits per heavy atom. The van der Waals surface area contributed by atoms with Crippen LogP contribution in [0, 0.1) is 30.9 Å². The van der Waals surface area contributed by atoms with E-state index < -0.39 is 10.8 Å². The molecule has 7 heteroatoms. The van der Waals surface area contributed by atoms with Crippen LogP contribution in [0.25, 0.3) is 0 Å². The first-order valence-electron chi connectivity index (χ1n) is 7.69. The van der Waals surface area contributed by atoms with Gasteiger partial charge in [-0.3, -0.25) is 19.7 Å². The van der Waals surface area contributed by atoms with Crippen molar-refractivity contribution < 1.29 is 14.5 Å². The van der Waals surface area contributed by atoms with E-state index in [1.807, 2.05) is 26.0 Å². The number of nitro groups is 1. The predicted octanol–water partition coefficient (Wildman–Crippen LogP) is 2.89. The van der Waals surface area contributed by atoms with Crippen molar-refractivity contribution in [3.63, 3.8) is 0 Å². The Morgan fingerprint density at radius 1 is 1.08 bits per heavy atom. The summed E-state index contributed by atoms with van der Waals surface area (Å²) in [5.41, 5.74) is 3.16. The third-order valence-corrected chi connectivity index (χ3v) is 3.96. The number of carbonyl (C=O) groups is 2. The highest BCUT2D eigenvalue weighted by Gasteiger charge is 2.15. The standard InChI is InChI=1S/C18H19N3O4/c1-11-5-4-6-15(13(11)3)20-17(22)10-19-18(23)14-8-7-12(2)16(9-14)21(24)25/h4-9H,10H2,1-3H3,(H,19,23)(H,20,22). The van der Waals surface area contributed by atoms with Gasteiger partial charge in [-0.25, -0.2) is 0 Å². The summed E-state index contributed by atoms with van der Waals surface area (Å²) in [6.07, 6.45) is 0. The van der Waals surface area contributed by atoms with Crippen LogP contribution >= 0.6 is 0 Å². The number of hydrogen-bond acceptors (Lipinski definition) is 4. The molecule has 0 radical (unpaired) electrons. The summed E-state index contributed by atoms with van der Waals surface area (Å²) >= 11 is 0. The molecule has 0 atom stereocenters. The molecule has 0 aromatic heterocycles. The molecular formula is C18H19N3O4. The van der Waals surface area contributed by atoms with Crippen molar-refractivity contribution in [3.05, 3.63) is 68.8 Å². The summed E-state index contributed by atoms with van der Waals surface area (Å²) in [5.74, 6) is -0.914. The minimum absolute atomic E-state index is 0.132. The van der Waals surface area contributed by atoms with Crippen LogP contribution < -0.4 is 10.6 Å². The maximum Gasteiger partial charge on any atom is 0.273 e. The average Bonchev–Trinajstić information content (AvgIpc) is 2.57. The molecule has 2 aromatic rings. The van der Waals surface area contributed by atoms with Gasteiger partial charge < -0.3 is 10.6 Å². The molecule has 2 rings (SSSR count). The van der Waals surface area contributed by atoms with Crippen molar-refractivity contribution in [3.8, 4) is 0 Å². The minimum atomic E-state index is -0.542. The van der Waals surface area contributed by atoms with Gasteiger partial charge in [-0.15, -0.1) is 0 Å². The molecule has 2 amide bonds. The third kappa shape index (κ3) is 4.41. The highest BCUT2D eigenvalue weighted by molar-refractivity contribution is 6.00. The SMILES string of the molecule is Cc1ccc(C(=O)NCC(=O)Nc2cccc(C)c2C)cc1[N+](=O)[O-]. The lowest BCUT2D eigenvalue weighted by molar-refractivity contribution is -0.385. The topological polar surface area (TPSA) is 101 Å². The van der Waals surface area contributed by atoms with Crippen LogP contribution in [0.5, 0.6) is 0 Å². The first-order valence-corrected chi connectivity index (χ1v) is 7.69. The molecule has 0 bridgehead atoms. The zero-order chi connectivity index (χ0) is 18.6. The summed E-state index contributed by atoms with van der Waals surface area (Å²) < 4.78 is 0. The van der Waals surface area contributed by atoms with E-state index in [-0.39, 0.29) is 23.7 Å². The van der Waals surface area contributed by atoms with Gasteiger partial charge in [-0.05, 0) is 44.0 Å². The molecule has 0 unspecified atom stereocenters. The molecule has 0 saturated carbocycles. The number of nitrogens with one attached hydrogen (secondary N) is 2. The summed E-state index contributed by atoms with van der Waals surface area (Å²) in [6, 6.07) is 9.75. The van der Waals surface area contributed by atoms with Crippen LogP contribution in [0.15, 0.2) is 36.4 Å². The molecule has 2 aromatic carbocycles. The number of aryl methyl sites for hydroxylation is 2. The van der Waals surface area contributed by atoms with Gasteiger partial charge in [0.25, 0.3) is 11.6 Å². The van der Waals surface area contributed by atoms with E-state index in [0.29, 0.717) is 11.3 Å². The normalized spacial score (nSPS) is 10.2. The highest BCUT2D eigenvalue weighted by atomic mass is 16.6. The molecule has 0 heterocycles. The number of carbonyl (C=O) groups excluding carboxylic acids is 2. The molecule has 2 N–H and O–H groups in total. The smallest absolute Gasteiger partial charge is 0.273 e. The number of anilines is 1. The van der Waals surface area contributed by atoms with E-state index in [2.05, 4.69) is 10.6 Å². The first-order chi connectivity index (χ1) is 11.8. The molecule has 25 heavy (non-hydrogen) atoms. The van der Waals surface area contributed by atoms with Crippen molar-refractivity contribution in [2.75, 3.05) is 11.9 Å². The van der Waals surface area contributed by atoms with E-state index in [1.54, 1.807) is 13.0 Å². The molecule has 0 spiro atoms. The average molecular weight is 341 g/mol. The van der Waals surface area contributed by atoms with E-state index >= 15 is 0 Å². The molecular weight excluding hydrogens is 322 g/mol. The van der Waals surface area contributed by atoms with Crippen molar-refractivity contribution in [2.24, 2.45) is 0 Å². The predicted molar refractivity (Wildman–Crippen MR) is 94.7 cm³/mol. The second-order valence-electron chi connectivity index (χ2n) is 5.74. The summed E-state index contributed by atoms with van der Waals surface area (Å²) in [6.45, 7) is 5.21. The van der Waals surface area contributed by atoms with Gasteiger partial charge in [0.05, 0.1) is 11.5 Å². The van der Waals surface area contributed by atoms with E-state index in [1.165, 1.54) is 18.2 Å². The van der Waals surface area contributed by atoms with E-state index in [9.17, 15) is 19.7 Å². The lowest BCUT2D eigenvalue weighted by atomic mass is 10.1. The number of benzene rings is 2. The Balaban J connectivity index is 2.00. The van der Waals surface area contributed by atoms with Gasteiger partial charge in [0.15, 0.2) is 0 Å². The number of rotatable bonds is 5. The molecule has 130 valence electrons. The fourth-order valence-electron chi connectivity index (χ4n) is 2.29. The van der Waals surface area contributed by atoms with Gasteiger partial charge in [0, 0.05) is 22.9 Å². The van der Waals surface area contributed by atoms with Crippen LogP contribution in [0.1, 0.15) is 27.0 Å². The second kappa shape index (κ2) is 7.57. The summed E-state index contributed by atoms with van der Waals surface area (Å²) in [4.78, 5) is 34.5. The number of nitrogens with zero attached hydrogens (tertiary/aromatic N) is 1. The minimum Gasteiger partial charge on any atom is -0.343 e. The lowest BCUT2D eigenvalue weighted by Gasteiger charge is -2.11. The zero-order valence-corrected chi connectivity index (χ0v) is 14.3. The monoisotopic (exact) mass is 341 g/mol. The van der Waals surface area contributed by atoms with Crippen molar-refractivity contribution in [2.45, 2.75) is 20.8 Å². The Labute approximate surface area is 145 Å². The zero-order valence-electron chi connectivity index (χ0n) is 14.3. The van der Waals surface area contributed by atoms with Crippen LogP contribution in [-0.4, -0.2) is 23.3 Å². The first kappa shape index (κ1) is 18.1. The van der Waals surface area contributed by atoms with Crippen molar-refractivity contribution in [1.29, 1.82) is 0 Å². The van der Waals surface area contributed by atoms with Crippen LogP contribution in [0.2, 0.25) is 0 Å². The summed E-state index contributed by atoms with van der Waals surface area (Å²) in [7, 11) is 0. The number of hydrogen-bond donors (Lipinski definition) is 2.